The first-order valence-electron chi connectivity index (χ1n) is 4.49. The molecule has 1 nitrogen and oxygen atoms in total. The fraction of sp³-hybridized carbons (Fsp3) is 0.364. The van der Waals surface area contributed by atoms with Gasteiger partial charge in [0.1, 0.15) is 5.82 Å². The quantitative estimate of drug-likeness (QED) is 0.754. The summed E-state index contributed by atoms with van der Waals surface area (Å²) in [5.41, 5.74) is 0.556. The Hall–Kier alpha value is -0.700. The molecule has 0 heterocycles. The monoisotopic (exact) mass is 258 g/mol. The lowest BCUT2D eigenvalue weighted by atomic mass is 10.0. The third kappa shape index (κ3) is 2.91. The highest BCUT2D eigenvalue weighted by Crippen LogP contribution is 2.20. The van der Waals surface area contributed by atoms with Gasteiger partial charge in [0, 0.05) is 16.5 Å². The predicted molar refractivity (Wildman–Crippen MR) is 57.9 cm³/mol. The first-order chi connectivity index (χ1) is 6.50. The molecule has 0 saturated heterocycles. The summed E-state index contributed by atoms with van der Waals surface area (Å²) in [6.07, 6.45) is 0.490. The van der Waals surface area contributed by atoms with Crippen LogP contribution in [0.1, 0.15) is 30.6 Å². The first-order valence-corrected chi connectivity index (χ1v) is 5.28. The van der Waals surface area contributed by atoms with Crippen LogP contribution in [0.25, 0.3) is 0 Å². The van der Waals surface area contributed by atoms with Gasteiger partial charge in [-0.25, -0.2) is 4.39 Å². The van der Waals surface area contributed by atoms with Gasteiger partial charge in [-0.15, -0.1) is 0 Å². The van der Waals surface area contributed by atoms with Gasteiger partial charge in [-0.05, 0) is 40.0 Å². The number of halogens is 2. The van der Waals surface area contributed by atoms with Crippen LogP contribution < -0.4 is 0 Å². The molecular formula is C11H12BrFO. The topological polar surface area (TPSA) is 17.1 Å². The molecule has 0 aromatic heterocycles. The minimum Gasteiger partial charge on any atom is -0.294 e. The summed E-state index contributed by atoms with van der Waals surface area (Å²) in [4.78, 5) is 11.6. The molecule has 0 N–H and O–H groups in total. The third-order valence-corrected chi connectivity index (χ3v) is 2.48. The molecule has 0 aliphatic carbocycles. The zero-order valence-electron chi connectivity index (χ0n) is 8.18. The first kappa shape index (κ1) is 11.4. The van der Waals surface area contributed by atoms with Gasteiger partial charge in [-0.1, -0.05) is 13.8 Å². The lowest BCUT2D eigenvalue weighted by Crippen LogP contribution is -2.04. The van der Waals surface area contributed by atoms with Crippen molar-refractivity contribution in [3.05, 3.63) is 34.1 Å². The summed E-state index contributed by atoms with van der Waals surface area (Å²) in [5, 5.41) is 0. The Balaban J connectivity index is 2.90. The summed E-state index contributed by atoms with van der Waals surface area (Å²) in [7, 11) is 0. The highest BCUT2D eigenvalue weighted by atomic mass is 79.9. The van der Waals surface area contributed by atoms with E-state index in [0.717, 1.165) is 0 Å². The van der Waals surface area contributed by atoms with Gasteiger partial charge in [0.25, 0.3) is 0 Å². The van der Waals surface area contributed by atoms with Gasteiger partial charge >= 0.3 is 0 Å². The Labute approximate surface area is 91.5 Å². The SMILES string of the molecule is CC(C)CC(=O)c1ccc(F)cc1Br. The average Bonchev–Trinajstić information content (AvgIpc) is 2.01. The van der Waals surface area contributed by atoms with E-state index in [0.29, 0.717) is 22.4 Å². The molecule has 1 aromatic rings. The average molecular weight is 259 g/mol. The highest BCUT2D eigenvalue weighted by Gasteiger charge is 2.11. The predicted octanol–water partition coefficient (Wildman–Crippen LogP) is 3.82. The summed E-state index contributed by atoms with van der Waals surface area (Å²) in [6, 6.07) is 4.13. The molecule has 0 amide bonds. The zero-order chi connectivity index (χ0) is 10.7. The van der Waals surface area contributed by atoms with E-state index in [1.54, 1.807) is 0 Å². The molecule has 0 radical (unpaired) electrons. The fourth-order valence-electron chi connectivity index (χ4n) is 1.20. The van der Waals surface area contributed by atoms with E-state index in [1.165, 1.54) is 18.2 Å². The summed E-state index contributed by atoms with van der Waals surface area (Å²) >= 11 is 3.18. The number of carbonyl (C=O) groups excluding carboxylic acids is 1. The maximum absolute atomic E-state index is 12.7. The molecule has 14 heavy (non-hydrogen) atoms. The van der Waals surface area contributed by atoms with Crippen LogP contribution in [0.15, 0.2) is 22.7 Å². The van der Waals surface area contributed by atoms with Crippen LogP contribution in [0.2, 0.25) is 0 Å². The Kier molecular flexibility index (Phi) is 3.81. The minimum absolute atomic E-state index is 0.0480. The van der Waals surface area contributed by atoms with Crippen LogP contribution in [-0.2, 0) is 0 Å². The van der Waals surface area contributed by atoms with E-state index < -0.39 is 0 Å². The number of benzene rings is 1. The van der Waals surface area contributed by atoms with Crippen molar-refractivity contribution in [2.45, 2.75) is 20.3 Å². The molecule has 3 heteroatoms. The number of Topliss-reactive ketones (excluding diaryl/α,β-unsaturated/α-hetero) is 1. The molecule has 76 valence electrons. The van der Waals surface area contributed by atoms with Crippen molar-refractivity contribution < 1.29 is 9.18 Å². The Morgan fingerprint density at radius 2 is 2.14 bits per heavy atom. The van der Waals surface area contributed by atoms with Crippen LogP contribution in [0.4, 0.5) is 4.39 Å². The second-order valence-corrected chi connectivity index (χ2v) is 4.50. The van der Waals surface area contributed by atoms with Gasteiger partial charge in [0.15, 0.2) is 5.78 Å². The molecule has 0 fully saturated rings. The number of carbonyl (C=O) groups is 1. The van der Waals surface area contributed by atoms with Crippen molar-refractivity contribution in [1.82, 2.24) is 0 Å². The van der Waals surface area contributed by atoms with Crippen molar-refractivity contribution >= 4 is 21.7 Å². The van der Waals surface area contributed by atoms with Gasteiger partial charge in [0.05, 0.1) is 0 Å². The lowest BCUT2D eigenvalue weighted by Gasteiger charge is -2.05. The molecule has 0 aliphatic rings. The Morgan fingerprint density at radius 1 is 1.50 bits per heavy atom. The van der Waals surface area contributed by atoms with E-state index in [4.69, 9.17) is 0 Å². The normalized spacial score (nSPS) is 10.6. The summed E-state index contributed by atoms with van der Waals surface area (Å²) in [5.74, 6) is 0.0318. The molecule has 0 saturated carbocycles. The Morgan fingerprint density at radius 3 is 2.64 bits per heavy atom. The summed E-state index contributed by atoms with van der Waals surface area (Å²) in [6.45, 7) is 3.96. The van der Waals surface area contributed by atoms with E-state index in [1.807, 2.05) is 13.8 Å². The molecule has 0 atom stereocenters. The van der Waals surface area contributed by atoms with Crippen molar-refractivity contribution in [2.24, 2.45) is 5.92 Å². The van der Waals surface area contributed by atoms with Crippen molar-refractivity contribution in [1.29, 1.82) is 0 Å². The third-order valence-electron chi connectivity index (χ3n) is 1.83. The highest BCUT2D eigenvalue weighted by molar-refractivity contribution is 9.10. The molecular weight excluding hydrogens is 247 g/mol. The lowest BCUT2D eigenvalue weighted by molar-refractivity contribution is 0.0967. The van der Waals surface area contributed by atoms with Gasteiger partial charge < -0.3 is 0 Å². The maximum atomic E-state index is 12.7. The van der Waals surface area contributed by atoms with E-state index in [2.05, 4.69) is 15.9 Å². The maximum Gasteiger partial charge on any atom is 0.164 e. The standard InChI is InChI=1S/C11H12BrFO/c1-7(2)5-11(14)9-4-3-8(13)6-10(9)12/h3-4,6-7H,5H2,1-2H3. The Bertz CT molecular complexity index is 347. The molecule has 0 spiro atoms. The van der Waals surface area contributed by atoms with Gasteiger partial charge in [-0.3, -0.25) is 4.79 Å². The molecule has 1 aromatic carbocycles. The van der Waals surface area contributed by atoms with Crippen LogP contribution in [-0.4, -0.2) is 5.78 Å². The molecule has 0 unspecified atom stereocenters. The number of hydrogen-bond acceptors (Lipinski definition) is 1. The minimum atomic E-state index is -0.335. The molecule has 1 rings (SSSR count). The van der Waals surface area contributed by atoms with E-state index >= 15 is 0 Å². The second kappa shape index (κ2) is 4.69. The van der Waals surface area contributed by atoms with Crippen LogP contribution in [0.5, 0.6) is 0 Å². The van der Waals surface area contributed by atoms with Crippen LogP contribution >= 0.6 is 15.9 Å². The van der Waals surface area contributed by atoms with Crippen LogP contribution in [0, 0.1) is 11.7 Å². The largest absolute Gasteiger partial charge is 0.294 e. The number of ketones is 1. The molecule has 0 aliphatic heterocycles. The van der Waals surface area contributed by atoms with E-state index in [-0.39, 0.29) is 11.6 Å². The molecule has 0 bridgehead atoms. The van der Waals surface area contributed by atoms with Crippen molar-refractivity contribution in [2.75, 3.05) is 0 Å². The fourth-order valence-corrected chi connectivity index (χ4v) is 1.77. The zero-order valence-corrected chi connectivity index (χ0v) is 9.77. The van der Waals surface area contributed by atoms with Crippen LogP contribution in [0.3, 0.4) is 0 Å². The van der Waals surface area contributed by atoms with Gasteiger partial charge in [-0.2, -0.15) is 0 Å². The van der Waals surface area contributed by atoms with Crippen molar-refractivity contribution in [3.8, 4) is 0 Å². The summed E-state index contributed by atoms with van der Waals surface area (Å²) < 4.78 is 13.3. The van der Waals surface area contributed by atoms with Crippen molar-refractivity contribution in [3.63, 3.8) is 0 Å². The number of hydrogen-bond donors (Lipinski definition) is 0. The van der Waals surface area contributed by atoms with Gasteiger partial charge in [0.2, 0.25) is 0 Å². The van der Waals surface area contributed by atoms with E-state index in [9.17, 15) is 9.18 Å². The second-order valence-electron chi connectivity index (χ2n) is 3.65. The smallest absolute Gasteiger partial charge is 0.164 e. The number of rotatable bonds is 3.